The SMILES string of the molecule is CC[C@H](C)[C@@H](C(CC(=O)N1CCC[C@H]1[C@H](OC)[C@@H](C)C(=O)N[C@H](C)[C@@H](O)c1ccccc1)OC)N(C)C(=O)[C@@H](NC(=O)[C@H](C(C)C)N(C)C(=O)O[C@H]1/C=C\CC[C@@](C)(C(=O)N[C@@H](CC(=O)O)C(=O)O)CC1)C(C)C. The average Bonchev–Trinajstić information content (AvgIpc) is 3.84. The van der Waals surface area contributed by atoms with E-state index < -0.39 is 126 Å². The first kappa shape index (κ1) is 62.7. The molecule has 0 bridgehead atoms. The normalized spacial score (nSPS) is 22.5. The molecule has 0 radical (unpaired) electrons. The number of likely N-dealkylation sites (tertiary alicyclic amines) is 1. The number of carbonyl (C=O) groups excluding carboxylic acids is 6. The maximum atomic E-state index is 14.7. The first-order chi connectivity index (χ1) is 34.7. The molecule has 6 amide bonds. The Hall–Kier alpha value is -5.60. The summed E-state index contributed by atoms with van der Waals surface area (Å²) < 4.78 is 17.9. The van der Waals surface area contributed by atoms with Gasteiger partial charge in [0.15, 0.2) is 0 Å². The summed E-state index contributed by atoms with van der Waals surface area (Å²) in [6.07, 6.45) is 1.54. The van der Waals surface area contributed by atoms with Gasteiger partial charge in [-0.1, -0.05) is 98.2 Å². The fraction of sp³-hybridized carbons (Fsp3) is 0.704. The van der Waals surface area contributed by atoms with Gasteiger partial charge in [-0.05, 0) is 74.8 Å². The number of nitrogens with zero attached hydrogens (tertiary/aromatic N) is 3. The second kappa shape index (κ2) is 28.9. The lowest BCUT2D eigenvalue weighted by Gasteiger charge is -2.41. The van der Waals surface area contributed by atoms with E-state index in [1.165, 1.54) is 26.2 Å². The molecule has 20 heteroatoms. The fourth-order valence-corrected chi connectivity index (χ4v) is 10.3. The zero-order valence-electron chi connectivity index (χ0n) is 45.9. The van der Waals surface area contributed by atoms with Gasteiger partial charge in [0.25, 0.3) is 0 Å². The summed E-state index contributed by atoms with van der Waals surface area (Å²) >= 11 is 0. The van der Waals surface area contributed by atoms with Crippen molar-refractivity contribution in [3.63, 3.8) is 0 Å². The van der Waals surface area contributed by atoms with Crippen molar-refractivity contribution >= 4 is 47.6 Å². The van der Waals surface area contributed by atoms with E-state index in [-0.39, 0.29) is 37.0 Å². The van der Waals surface area contributed by atoms with E-state index in [2.05, 4.69) is 16.0 Å². The Kier molecular flexibility index (Phi) is 24.5. The monoisotopic (exact) mass is 1040 g/mol. The minimum absolute atomic E-state index is 0.0847. The van der Waals surface area contributed by atoms with Crippen LogP contribution in [0.25, 0.3) is 0 Å². The van der Waals surface area contributed by atoms with Gasteiger partial charge >= 0.3 is 18.0 Å². The summed E-state index contributed by atoms with van der Waals surface area (Å²) in [4.78, 5) is 112. The van der Waals surface area contributed by atoms with Gasteiger partial charge < -0.3 is 55.3 Å². The number of carbonyl (C=O) groups is 8. The van der Waals surface area contributed by atoms with E-state index in [1.807, 2.05) is 32.0 Å². The number of carboxylic acids is 2. The number of aliphatic hydroxyl groups excluding tert-OH is 1. The number of carboxylic acid groups (broad SMARTS) is 2. The second-order valence-corrected chi connectivity index (χ2v) is 21.2. The van der Waals surface area contributed by atoms with Crippen molar-refractivity contribution in [2.24, 2.45) is 29.1 Å². The van der Waals surface area contributed by atoms with Gasteiger partial charge in [0.05, 0.1) is 55.2 Å². The van der Waals surface area contributed by atoms with Crippen LogP contribution in [0.4, 0.5) is 4.79 Å². The summed E-state index contributed by atoms with van der Waals surface area (Å²) in [6, 6.07) is 3.65. The highest BCUT2D eigenvalue weighted by atomic mass is 16.6. The third kappa shape index (κ3) is 16.7. The van der Waals surface area contributed by atoms with Crippen LogP contribution in [0.1, 0.15) is 132 Å². The smallest absolute Gasteiger partial charge is 0.410 e. The Morgan fingerprint density at radius 1 is 0.824 bits per heavy atom. The number of rotatable bonds is 26. The van der Waals surface area contributed by atoms with Gasteiger partial charge in [0, 0.05) is 40.3 Å². The van der Waals surface area contributed by atoms with Crippen LogP contribution in [-0.4, -0.2) is 167 Å². The number of likely N-dealkylation sites (N-methyl/N-ethyl adjacent to an activating group) is 2. The Morgan fingerprint density at radius 2 is 1.47 bits per heavy atom. The Morgan fingerprint density at radius 3 is 2.03 bits per heavy atom. The number of allylic oxidation sites excluding steroid dienone is 1. The molecule has 1 unspecified atom stereocenters. The number of amides is 6. The van der Waals surface area contributed by atoms with Crippen molar-refractivity contribution in [2.75, 3.05) is 34.9 Å². The van der Waals surface area contributed by atoms with Crippen molar-refractivity contribution in [3.8, 4) is 0 Å². The number of hydrogen-bond acceptors (Lipinski definition) is 12. The predicted molar refractivity (Wildman–Crippen MR) is 276 cm³/mol. The molecular formula is C54H86N6O14. The summed E-state index contributed by atoms with van der Waals surface area (Å²) in [5.41, 5.74) is -0.435. The molecular weight excluding hydrogens is 957 g/mol. The summed E-state index contributed by atoms with van der Waals surface area (Å²) in [5, 5.41) is 37.8. The van der Waals surface area contributed by atoms with E-state index in [0.717, 1.165) is 0 Å². The molecule has 2 aliphatic rings. The van der Waals surface area contributed by atoms with Crippen LogP contribution >= 0.6 is 0 Å². The zero-order valence-corrected chi connectivity index (χ0v) is 45.9. The van der Waals surface area contributed by atoms with Crippen LogP contribution in [0.15, 0.2) is 42.5 Å². The number of hydrogen-bond donors (Lipinski definition) is 6. The molecule has 0 aromatic heterocycles. The maximum Gasteiger partial charge on any atom is 0.410 e. The molecule has 3 rings (SSSR count). The van der Waals surface area contributed by atoms with Crippen molar-refractivity contribution in [1.29, 1.82) is 0 Å². The molecule has 1 heterocycles. The van der Waals surface area contributed by atoms with Crippen LogP contribution in [0.2, 0.25) is 0 Å². The topological polar surface area (TPSA) is 271 Å². The number of benzene rings is 1. The Bertz CT molecular complexity index is 2090. The molecule has 6 N–H and O–H groups in total. The number of nitrogens with one attached hydrogen (secondary N) is 3. The summed E-state index contributed by atoms with van der Waals surface area (Å²) in [6.45, 7) is 16.6. The molecule has 1 aromatic rings. The lowest BCUT2D eigenvalue weighted by atomic mass is 9.77. The van der Waals surface area contributed by atoms with E-state index >= 15 is 0 Å². The Balaban J connectivity index is 1.75. The van der Waals surface area contributed by atoms with Crippen molar-refractivity contribution in [2.45, 2.75) is 181 Å². The second-order valence-electron chi connectivity index (χ2n) is 21.2. The lowest BCUT2D eigenvalue weighted by molar-refractivity contribution is -0.148. The van der Waals surface area contributed by atoms with E-state index in [4.69, 9.17) is 19.3 Å². The molecule has 0 spiro atoms. The van der Waals surface area contributed by atoms with Gasteiger partial charge in [-0.25, -0.2) is 9.59 Å². The minimum Gasteiger partial charge on any atom is -0.481 e. The number of ether oxygens (including phenoxy) is 3. The van der Waals surface area contributed by atoms with E-state index in [1.54, 1.807) is 89.6 Å². The molecule has 416 valence electrons. The van der Waals surface area contributed by atoms with E-state index in [0.29, 0.717) is 44.2 Å². The standard InChI is InChI=1S/C54H86N6O14/c1-14-33(6)45(40(72-12)30-41(61)60-28-20-24-39(60)47(73-13)34(7)48(65)55-35(8)46(64)36-21-16-15-17-22-36)58(10)50(67)43(31(2)3)57-49(66)44(32(4)5)59(11)53(71)74-37-23-18-19-26-54(9,27-25-37)52(70)56-38(51(68)69)29-42(62)63/h15-18,21-23,31-35,37-40,43-47,64H,14,19-20,24-30H2,1-13H3,(H,55,65)(H,56,70)(H,57,66)(H,62,63)(H,68,69)/b23-18-/t33-,34+,35+,37-,38-,39-,40?,43-,44-,45-,46+,47+,54+/m0/s1. The molecule has 1 fully saturated rings. The van der Waals surface area contributed by atoms with Crippen LogP contribution in [-0.2, 0) is 47.8 Å². The Labute approximate surface area is 437 Å². The number of aliphatic hydroxyl groups is 1. The molecule has 1 aliphatic heterocycles. The van der Waals surface area contributed by atoms with E-state index in [9.17, 15) is 48.6 Å². The van der Waals surface area contributed by atoms with Gasteiger partial charge in [-0.3, -0.25) is 33.7 Å². The number of aliphatic carboxylic acids is 2. The van der Waals surface area contributed by atoms with Gasteiger partial charge in [-0.15, -0.1) is 0 Å². The summed E-state index contributed by atoms with van der Waals surface area (Å²) in [5.74, 6) is -6.75. The largest absolute Gasteiger partial charge is 0.481 e. The third-order valence-corrected chi connectivity index (χ3v) is 15.1. The van der Waals surface area contributed by atoms with Crippen molar-refractivity contribution in [1.82, 2.24) is 30.7 Å². The minimum atomic E-state index is -1.62. The molecule has 20 nitrogen and oxygen atoms in total. The van der Waals surface area contributed by atoms with Crippen molar-refractivity contribution < 1.29 is 67.9 Å². The van der Waals surface area contributed by atoms with Gasteiger partial charge in [0.1, 0.15) is 24.2 Å². The molecule has 13 atom stereocenters. The van der Waals surface area contributed by atoms with Gasteiger partial charge in [0.2, 0.25) is 29.5 Å². The highest BCUT2D eigenvalue weighted by Gasteiger charge is 2.44. The average molecular weight is 1040 g/mol. The lowest BCUT2D eigenvalue weighted by Crippen LogP contribution is -2.60. The molecule has 1 aromatic carbocycles. The van der Waals surface area contributed by atoms with Crippen LogP contribution in [0.5, 0.6) is 0 Å². The third-order valence-electron chi connectivity index (χ3n) is 15.1. The van der Waals surface area contributed by atoms with Crippen LogP contribution < -0.4 is 16.0 Å². The summed E-state index contributed by atoms with van der Waals surface area (Å²) in [7, 11) is 6.07. The molecule has 74 heavy (non-hydrogen) atoms. The molecule has 1 saturated heterocycles. The first-order valence-corrected chi connectivity index (χ1v) is 26.1. The van der Waals surface area contributed by atoms with Crippen molar-refractivity contribution in [3.05, 3.63) is 48.0 Å². The molecule has 1 aliphatic carbocycles. The first-order valence-electron chi connectivity index (χ1n) is 26.1. The zero-order chi connectivity index (χ0) is 55.8. The quantitative estimate of drug-likeness (QED) is 0.0673. The van der Waals surface area contributed by atoms with Gasteiger partial charge in [-0.2, -0.15) is 0 Å². The highest BCUT2D eigenvalue weighted by Crippen LogP contribution is 2.34. The predicted octanol–water partition coefficient (Wildman–Crippen LogP) is 4.93. The maximum absolute atomic E-state index is 14.7. The van der Waals surface area contributed by atoms with Crippen LogP contribution in [0.3, 0.4) is 0 Å². The number of methoxy groups -OCH3 is 2. The molecule has 0 saturated carbocycles. The van der Waals surface area contributed by atoms with Crippen LogP contribution in [0, 0.1) is 29.1 Å². The highest BCUT2D eigenvalue weighted by molar-refractivity contribution is 5.92. The fourth-order valence-electron chi connectivity index (χ4n) is 10.3.